The molecule has 0 amide bonds. The number of ether oxygens (including phenoxy) is 1. The van der Waals surface area contributed by atoms with E-state index in [0.717, 1.165) is 18.8 Å². The molecule has 1 aromatic carbocycles. The van der Waals surface area contributed by atoms with Gasteiger partial charge in [0.2, 0.25) is 0 Å². The molecule has 1 fully saturated rings. The van der Waals surface area contributed by atoms with Crippen LogP contribution in [0.3, 0.4) is 0 Å². The summed E-state index contributed by atoms with van der Waals surface area (Å²) in [6.45, 7) is 2.97. The third kappa shape index (κ3) is 2.05. The quantitative estimate of drug-likeness (QED) is 0.666. The Balaban J connectivity index is 1.90. The fourth-order valence-electron chi connectivity index (χ4n) is 1.96. The predicted octanol–water partition coefficient (Wildman–Crippen LogP) is 0.362. The first-order valence-electron chi connectivity index (χ1n) is 5.74. The number of morpholine rings is 1. The van der Waals surface area contributed by atoms with Crippen LogP contribution in [0.25, 0.3) is 11.1 Å². The van der Waals surface area contributed by atoms with E-state index in [4.69, 9.17) is 14.9 Å². The van der Waals surface area contributed by atoms with Gasteiger partial charge in [0, 0.05) is 19.2 Å². The van der Waals surface area contributed by atoms with Gasteiger partial charge in [0.25, 0.3) is 0 Å². The first-order valence-corrected chi connectivity index (χ1v) is 5.74. The van der Waals surface area contributed by atoms with E-state index in [1.54, 1.807) is 12.1 Å². The Hall–Kier alpha value is -1.99. The summed E-state index contributed by atoms with van der Waals surface area (Å²) in [4.78, 5) is 13.7. The van der Waals surface area contributed by atoms with E-state index in [2.05, 4.69) is 10.4 Å². The number of nitrogens with two attached hydrogens (primary N) is 1. The second kappa shape index (κ2) is 4.35. The van der Waals surface area contributed by atoms with Crippen molar-refractivity contribution in [2.24, 2.45) is 0 Å². The van der Waals surface area contributed by atoms with Crippen LogP contribution in [-0.4, -0.2) is 36.3 Å². The minimum absolute atomic E-state index is 0.463. The molecule has 4 N–H and O–H groups in total. The Bertz CT molecular complexity index is 612. The SMILES string of the molecule is Nc1cc2oc(=O)[nH]c2cc1NN1CCOCC1. The molecule has 96 valence electrons. The minimum Gasteiger partial charge on any atom is -0.408 e. The topological polar surface area (TPSA) is 96.5 Å². The summed E-state index contributed by atoms with van der Waals surface area (Å²) in [5.41, 5.74) is 11.5. The lowest BCUT2D eigenvalue weighted by atomic mass is 10.2. The fraction of sp³-hybridized carbons (Fsp3) is 0.364. The predicted molar refractivity (Wildman–Crippen MR) is 67.3 cm³/mol. The van der Waals surface area contributed by atoms with E-state index in [9.17, 15) is 4.79 Å². The number of oxazole rings is 1. The molecular formula is C11H14N4O3. The number of H-pyrrole nitrogens is 1. The molecule has 0 bridgehead atoms. The second-order valence-electron chi connectivity index (χ2n) is 4.16. The van der Waals surface area contributed by atoms with Gasteiger partial charge in [-0.25, -0.2) is 9.80 Å². The molecular weight excluding hydrogens is 236 g/mol. The highest BCUT2D eigenvalue weighted by atomic mass is 16.5. The number of hydrogen-bond donors (Lipinski definition) is 3. The Morgan fingerprint density at radius 2 is 2.11 bits per heavy atom. The number of fused-ring (bicyclic) bond motifs is 1. The van der Waals surface area contributed by atoms with Crippen molar-refractivity contribution in [1.82, 2.24) is 9.99 Å². The number of nitrogens with one attached hydrogen (secondary N) is 2. The minimum atomic E-state index is -0.479. The van der Waals surface area contributed by atoms with Crippen molar-refractivity contribution in [3.05, 3.63) is 22.7 Å². The van der Waals surface area contributed by atoms with E-state index in [0.29, 0.717) is 30.0 Å². The van der Waals surface area contributed by atoms with Gasteiger partial charge in [-0.05, 0) is 6.07 Å². The Kier molecular flexibility index (Phi) is 2.69. The molecule has 1 aliphatic heterocycles. The number of anilines is 2. The third-order valence-corrected chi connectivity index (χ3v) is 2.88. The lowest BCUT2D eigenvalue weighted by Gasteiger charge is -2.28. The molecule has 18 heavy (non-hydrogen) atoms. The first-order chi connectivity index (χ1) is 8.72. The van der Waals surface area contributed by atoms with Crippen molar-refractivity contribution in [2.45, 2.75) is 0 Å². The van der Waals surface area contributed by atoms with E-state index in [1.807, 2.05) is 5.01 Å². The van der Waals surface area contributed by atoms with Crippen LogP contribution in [0, 0.1) is 0 Å². The number of rotatable bonds is 2. The van der Waals surface area contributed by atoms with Gasteiger partial charge in [0.05, 0.1) is 30.1 Å². The molecule has 7 heteroatoms. The maximum atomic E-state index is 11.1. The largest absolute Gasteiger partial charge is 0.417 e. The van der Waals surface area contributed by atoms with Crippen LogP contribution in [0.5, 0.6) is 0 Å². The molecule has 0 saturated carbocycles. The van der Waals surface area contributed by atoms with Crippen LogP contribution < -0.4 is 16.9 Å². The summed E-state index contributed by atoms with van der Waals surface area (Å²) in [5.74, 6) is -0.479. The molecule has 2 aromatic rings. The van der Waals surface area contributed by atoms with Crippen molar-refractivity contribution in [2.75, 3.05) is 37.5 Å². The van der Waals surface area contributed by atoms with Crippen LogP contribution in [0.4, 0.5) is 11.4 Å². The van der Waals surface area contributed by atoms with Gasteiger partial charge in [-0.1, -0.05) is 0 Å². The lowest BCUT2D eigenvalue weighted by molar-refractivity contribution is 0.0497. The smallest absolute Gasteiger partial charge is 0.408 e. The Labute approximate surface area is 102 Å². The van der Waals surface area contributed by atoms with Crippen LogP contribution in [0.15, 0.2) is 21.3 Å². The molecule has 3 rings (SSSR count). The number of hydrazine groups is 1. The van der Waals surface area contributed by atoms with E-state index < -0.39 is 5.76 Å². The summed E-state index contributed by atoms with van der Waals surface area (Å²) >= 11 is 0. The van der Waals surface area contributed by atoms with Crippen LogP contribution >= 0.6 is 0 Å². The van der Waals surface area contributed by atoms with Gasteiger partial charge in [-0.3, -0.25) is 4.98 Å². The van der Waals surface area contributed by atoms with Gasteiger partial charge >= 0.3 is 5.76 Å². The van der Waals surface area contributed by atoms with E-state index in [1.165, 1.54) is 0 Å². The number of benzene rings is 1. The molecule has 2 heterocycles. The second-order valence-corrected chi connectivity index (χ2v) is 4.16. The van der Waals surface area contributed by atoms with Crippen molar-refractivity contribution < 1.29 is 9.15 Å². The zero-order valence-corrected chi connectivity index (χ0v) is 9.73. The summed E-state index contributed by atoms with van der Waals surface area (Å²) in [7, 11) is 0. The van der Waals surface area contributed by atoms with E-state index >= 15 is 0 Å². The fourth-order valence-corrected chi connectivity index (χ4v) is 1.96. The summed E-state index contributed by atoms with van der Waals surface area (Å²) in [6, 6.07) is 3.40. The van der Waals surface area contributed by atoms with Crippen LogP contribution in [-0.2, 0) is 4.74 Å². The molecule has 0 spiro atoms. The monoisotopic (exact) mass is 250 g/mol. The molecule has 7 nitrogen and oxygen atoms in total. The zero-order chi connectivity index (χ0) is 12.5. The highest BCUT2D eigenvalue weighted by molar-refractivity contribution is 5.84. The lowest BCUT2D eigenvalue weighted by Crippen LogP contribution is -2.40. The van der Waals surface area contributed by atoms with Crippen LogP contribution in [0.2, 0.25) is 0 Å². The Morgan fingerprint density at radius 3 is 2.89 bits per heavy atom. The molecule has 1 aromatic heterocycles. The molecule has 1 aliphatic rings. The van der Waals surface area contributed by atoms with Gasteiger partial charge < -0.3 is 20.3 Å². The summed E-state index contributed by atoms with van der Waals surface area (Å²) in [5, 5.41) is 2.03. The molecule has 0 unspecified atom stereocenters. The van der Waals surface area contributed by atoms with Gasteiger partial charge in [0.1, 0.15) is 0 Å². The van der Waals surface area contributed by atoms with Crippen LogP contribution in [0.1, 0.15) is 0 Å². The number of hydrogen-bond acceptors (Lipinski definition) is 6. The van der Waals surface area contributed by atoms with Crippen molar-refractivity contribution in [3.8, 4) is 0 Å². The van der Waals surface area contributed by atoms with Gasteiger partial charge in [0.15, 0.2) is 5.58 Å². The molecule has 1 saturated heterocycles. The standard InChI is InChI=1S/C11H14N4O3/c12-7-5-10-9(13-11(16)18-10)6-8(7)14-15-1-3-17-4-2-15/h5-6,14H,1-4,12H2,(H,13,16). The van der Waals surface area contributed by atoms with Gasteiger partial charge in [-0.2, -0.15) is 0 Å². The molecule has 0 aliphatic carbocycles. The number of aromatic amines is 1. The molecule has 0 atom stereocenters. The zero-order valence-electron chi connectivity index (χ0n) is 9.73. The average Bonchev–Trinajstić information content (AvgIpc) is 2.70. The summed E-state index contributed by atoms with van der Waals surface area (Å²) < 4.78 is 10.2. The normalized spacial score (nSPS) is 17.1. The third-order valence-electron chi connectivity index (χ3n) is 2.88. The van der Waals surface area contributed by atoms with Crippen molar-refractivity contribution in [1.29, 1.82) is 0 Å². The highest BCUT2D eigenvalue weighted by Crippen LogP contribution is 2.24. The first kappa shape index (κ1) is 11.1. The number of nitrogen functional groups attached to an aromatic ring is 1. The summed E-state index contributed by atoms with van der Waals surface area (Å²) in [6.07, 6.45) is 0. The number of nitrogens with zero attached hydrogens (tertiary/aromatic N) is 1. The van der Waals surface area contributed by atoms with Crippen molar-refractivity contribution >= 4 is 22.5 Å². The van der Waals surface area contributed by atoms with Gasteiger partial charge in [-0.15, -0.1) is 0 Å². The maximum absolute atomic E-state index is 11.1. The molecule has 0 radical (unpaired) electrons. The maximum Gasteiger partial charge on any atom is 0.417 e. The Morgan fingerprint density at radius 1 is 1.33 bits per heavy atom. The highest BCUT2D eigenvalue weighted by Gasteiger charge is 2.13. The average molecular weight is 250 g/mol. The van der Waals surface area contributed by atoms with Crippen molar-refractivity contribution in [3.63, 3.8) is 0 Å². The van der Waals surface area contributed by atoms with E-state index in [-0.39, 0.29) is 0 Å². The number of aromatic nitrogens is 1.